The van der Waals surface area contributed by atoms with Gasteiger partial charge in [0.1, 0.15) is 4.90 Å². The molecule has 1 aromatic rings. The molecule has 1 aromatic carbocycles. The van der Waals surface area contributed by atoms with Gasteiger partial charge in [-0.2, -0.15) is 0 Å². The highest BCUT2D eigenvalue weighted by molar-refractivity contribution is 7.89. The second-order valence-electron chi connectivity index (χ2n) is 5.07. The lowest BCUT2D eigenvalue weighted by molar-refractivity contribution is 0.0567. The maximum Gasteiger partial charge on any atom is 0.337 e. The lowest BCUT2D eigenvalue weighted by atomic mass is 10.0. The van der Waals surface area contributed by atoms with E-state index in [9.17, 15) is 13.2 Å². The Bertz CT molecular complexity index is 641. The molecule has 0 amide bonds. The first kappa shape index (κ1) is 17.2. The second-order valence-corrected chi connectivity index (χ2v) is 7.21. The number of ether oxygens (including phenoxy) is 2. The van der Waals surface area contributed by atoms with E-state index in [4.69, 9.17) is 16.3 Å². The van der Waals surface area contributed by atoms with Crippen LogP contribution in [-0.4, -0.2) is 41.3 Å². The zero-order valence-electron chi connectivity index (χ0n) is 12.2. The number of benzene rings is 1. The van der Waals surface area contributed by atoms with Crippen molar-refractivity contribution in [1.82, 2.24) is 4.72 Å². The van der Waals surface area contributed by atoms with Crippen LogP contribution < -0.4 is 4.72 Å². The summed E-state index contributed by atoms with van der Waals surface area (Å²) in [6.45, 7) is 1.58. The van der Waals surface area contributed by atoms with Crippen LogP contribution >= 0.6 is 11.6 Å². The van der Waals surface area contributed by atoms with Gasteiger partial charge in [0, 0.05) is 13.2 Å². The lowest BCUT2D eigenvalue weighted by Gasteiger charge is -2.22. The van der Waals surface area contributed by atoms with Crippen LogP contribution in [0, 0.1) is 5.92 Å². The van der Waals surface area contributed by atoms with Crippen molar-refractivity contribution in [3.05, 3.63) is 28.8 Å². The van der Waals surface area contributed by atoms with Gasteiger partial charge in [-0.1, -0.05) is 11.6 Å². The van der Waals surface area contributed by atoms with Gasteiger partial charge in [0.15, 0.2) is 0 Å². The molecule has 0 bridgehead atoms. The minimum Gasteiger partial charge on any atom is -0.465 e. The summed E-state index contributed by atoms with van der Waals surface area (Å²) in [6, 6.07) is 3.95. The average molecular weight is 348 g/mol. The maximum absolute atomic E-state index is 12.3. The van der Waals surface area contributed by atoms with Gasteiger partial charge in [0.05, 0.1) is 24.3 Å². The van der Waals surface area contributed by atoms with Crippen LogP contribution in [0.15, 0.2) is 23.1 Å². The normalized spacial score (nSPS) is 18.9. The van der Waals surface area contributed by atoms with Crippen LogP contribution in [0.1, 0.15) is 23.2 Å². The molecule has 22 heavy (non-hydrogen) atoms. The Kier molecular flexibility index (Phi) is 5.80. The van der Waals surface area contributed by atoms with Crippen LogP contribution in [-0.2, 0) is 19.5 Å². The molecule has 1 fully saturated rings. The molecule has 0 radical (unpaired) electrons. The van der Waals surface area contributed by atoms with Gasteiger partial charge in [-0.3, -0.25) is 0 Å². The summed E-state index contributed by atoms with van der Waals surface area (Å²) in [5.74, 6) is -0.408. The number of carbonyl (C=O) groups excluding carboxylic acids is 1. The quantitative estimate of drug-likeness (QED) is 0.822. The summed E-state index contributed by atoms with van der Waals surface area (Å²) < 4.78 is 37.0. The van der Waals surface area contributed by atoms with Gasteiger partial charge in [-0.15, -0.1) is 0 Å². The Balaban J connectivity index is 2.09. The predicted molar refractivity (Wildman–Crippen MR) is 81.5 cm³/mol. The topological polar surface area (TPSA) is 81.7 Å². The standard InChI is InChI=1S/C14H18ClNO5S/c1-20-14(17)11-4-5-13(12(15)7-11)22(18,19)16-8-10-3-2-6-21-9-10/h4-5,7,10,16H,2-3,6,8-9H2,1H3/t10-/m1/s1. The molecule has 122 valence electrons. The fraction of sp³-hybridized carbons (Fsp3) is 0.500. The first-order valence-electron chi connectivity index (χ1n) is 6.89. The monoisotopic (exact) mass is 347 g/mol. The Morgan fingerprint density at radius 1 is 1.50 bits per heavy atom. The molecule has 0 aromatic heterocycles. The van der Waals surface area contributed by atoms with Gasteiger partial charge in [-0.05, 0) is 37.0 Å². The number of hydrogen-bond acceptors (Lipinski definition) is 5. The van der Waals surface area contributed by atoms with E-state index in [0.29, 0.717) is 13.2 Å². The molecule has 0 spiro atoms. The third kappa shape index (κ3) is 4.19. The number of hydrogen-bond donors (Lipinski definition) is 1. The highest BCUT2D eigenvalue weighted by Crippen LogP contribution is 2.23. The van der Waals surface area contributed by atoms with Crippen molar-refractivity contribution in [2.45, 2.75) is 17.7 Å². The molecule has 0 unspecified atom stereocenters. The third-order valence-corrected chi connectivity index (χ3v) is 5.37. The number of halogens is 1. The molecular formula is C14H18ClNO5S. The highest BCUT2D eigenvalue weighted by atomic mass is 35.5. The molecule has 1 saturated heterocycles. The number of carbonyl (C=O) groups is 1. The van der Waals surface area contributed by atoms with Crippen LogP contribution in [0.3, 0.4) is 0 Å². The summed E-state index contributed by atoms with van der Waals surface area (Å²) in [4.78, 5) is 11.3. The van der Waals surface area contributed by atoms with Gasteiger partial charge >= 0.3 is 5.97 Å². The molecule has 2 rings (SSSR count). The average Bonchev–Trinajstić information content (AvgIpc) is 2.53. The number of esters is 1. The molecular weight excluding hydrogens is 330 g/mol. The fourth-order valence-corrected chi connectivity index (χ4v) is 3.90. The van der Waals surface area contributed by atoms with E-state index >= 15 is 0 Å². The molecule has 1 aliphatic heterocycles. The first-order valence-corrected chi connectivity index (χ1v) is 8.75. The molecule has 1 N–H and O–H groups in total. The van der Waals surface area contributed by atoms with Crippen molar-refractivity contribution in [2.75, 3.05) is 26.9 Å². The fourth-order valence-electron chi connectivity index (χ4n) is 2.24. The number of sulfonamides is 1. The summed E-state index contributed by atoms with van der Waals surface area (Å²) >= 11 is 5.98. The van der Waals surface area contributed by atoms with Gasteiger partial charge in [0.25, 0.3) is 0 Å². The van der Waals surface area contributed by atoms with E-state index in [1.165, 1.54) is 25.3 Å². The highest BCUT2D eigenvalue weighted by Gasteiger charge is 2.22. The largest absolute Gasteiger partial charge is 0.465 e. The van der Waals surface area contributed by atoms with Gasteiger partial charge < -0.3 is 9.47 Å². The number of rotatable bonds is 5. The van der Waals surface area contributed by atoms with Crippen LogP contribution in [0.5, 0.6) is 0 Å². The van der Waals surface area contributed by atoms with Crippen molar-refractivity contribution in [3.63, 3.8) is 0 Å². The molecule has 8 heteroatoms. The molecule has 1 atom stereocenters. The van der Waals surface area contributed by atoms with Crippen LogP contribution in [0.25, 0.3) is 0 Å². The molecule has 6 nitrogen and oxygen atoms in total. The van der Waals surface area contributed by atoms with Crippen molar-refractivity contribution < 1.29 is 22.7 Å². The second kappa shape index (κ2) is 7.41. The Hall–Kier alpha value is -1.15. The Labute approximate surface area is 134 Å². The van der Waals surface area contributed by atoms with E-state index in [-0.39, 0.29) is 21.4 Å². The zero-order chi connectivity index (χ0) is 16.2. The molecule has 1 aliphatic rings. The Morgan fingerprint density at radius 2 is 2.27 bits per heavy atom. The zero-order valence-corrected chi connectivity index (χ0v) is 13.7. The number of methoxy groups -OCH3 is 1. The summed E-state index contributed by atoms with van der Waals surface area (Å²) in [5, 5.41) is -0.0182. The smallest absolute Gasteiger partial charge is 0.337 e. The Morgan fingerprint density at radius 3 is 2.86 bits per heavy atom. The molecule has 0 saturated carbocycles. The third-order valence-electron chi connectivity index (χ3n) is 3.46. The van der Waals surface area contributed by atoms with Crippen molar-refractivity contribution in [3.8, 4) is 0 Å². The molecule has 1 heterocycles. The first-order chi connectivity index (χ1) is 10.4. The predicted octanol–water partition coefficient (Wildman–Crippen LogP) is 1.83. The van der Waals surface area contributed by atoms with E-state index in [0.717, 1.165) is 19.4 Å². The van der Waals surface area contributed by atoms with E-state index in [1.54, 1.807) is 0 Å². The van der Waals surface area contributed by atoms with Gasteiger partial charge in [0.2, 0.25) is 10.0 Å². The van der Waals surface area contributed by atoms with E-state index in [1.807, 2.05) is 0 Å². The van der Waals surface area contributed by atoms with E-state index in [2.05, 4.69) is 9.46 Å². The minimum atomic E-state index is -3.73. The van der Waals surface area contributed by atoms with Crippen molar-refractivity contribution in [1.29, 1.82) is 0 Å². The number of nitrogens with one attached hydrogen (secondary N) is 1. The minimum absolute atomic E-state index is 0.0182. The van der Waals surface area contributed by atoms with E-state index < -0.39 is 16.0 Å². The van der Waals surface area contributed by atoms with Gasteiger partial charge in [-0.25, -0.2) is 17.9 Å². The summed E-state index contributed by atoms with van der Waals surface area (Å²) in [7, 11) is -2.48. The van der Waals surface area contributed by atoms with Crippen molar-refractivity contribution >= 4 is 27.6 Å². The van der Waals surface area contributed by atoms with Crippen molar-refractivity contribution in [2.24, 2.45) is 5.92 Å². The maximum atomic E-state index is 12.3. The molecule has 0 aliphatic carbocycles. The van der Waals surface area contributed by atoms with Crippen LogP contribution in [0.2, 0.25) is 5.02 Å². The lowest BCUT2D eigenvalue weighted by Crippen LogP contribution is -2.33. The van der Waals surface area contributed by atoms with Crippen LogP contribution in [0.4, 0.5) is 0 Å². The SMILES string of the molecule is COC(=O)c1ccc(S(=O)(=O)NC[C@H]2CCCOC2)c(Cl)c1. The summed E-state index contributed by atoms with van der Waals surface area (Å²) in [6.07, 6.45) is 1.86. The summed E-state index contributed by atoms with van der Waals surface area (Å²) in [5.41, 5.74) is 0.201.